The normalized spacial score (nSPS) is 10.4. The number of hydrogen-bond donors (Lipinski definition) is 1. The summed E-state index contributed by atoms with van der Waals surface area (Å²) in [6.45, 7) is 3.70. The predicted molar refractivity (Wildman–Crippen MR) is 109 cm³/mol. The molecule has 0 aliphatic rings. The topological polar surface area (TPSA) is 77.5 Å². The van der Waals surface area contributed by atoms with Crippen molar-refractivity contribution in [1.82, 2.24) is 4.98 Å². The van der Waals surface area contributed by atoms with Crippen LogP contribution in [0.25, 0.3) is 10.6 Å². The van der Waals surface area contributed by atoms with Gasteiger partial charge in [0.25, 0.3) is 5.91 Å². The molecule has 0 saturated carbocycles. The van der Waals surface area contributed by atoms with Gasteiger partial charge < -0.3 is 14.8 Å². The molecule has 0 unspecified atom stereocenters. The second-order valence-corrected chi connectivity index (χ2v) is 6.85. The zero-order chi connectivity index (χ0) is 19.9. The minimum atomic E-state index is -0.564. The van der Waals surface area contributed by atoms with Crippen molar-refractivity contribution in [1.29, 1.82) is 0 Å². The van der Waals surface area contributed by atoms with Crippen LogP contribution in [0.5, 0.6) is 5.75 Å². The number of rotatable bonds is 7. The highest BCUT2D eigenvalue weighted by atomic mass is 32.1. The van der Waals surface area contributed by atoms with Crippen molar-refractivity contribution in [3.05, 3.63) is 65.2 Å². The Balaban J connectivity index is 1.62. The van der Waals surface area contributed by atoms with Crippen molar-refractivity contribution < 1.29 is 19.1 Å². The van der Waals surface area contributed by atoms with E-state index >= 15 is 0 Å². The summed E-state index contributed by atoms with van der Waals surface area (Å²) in [7, 11) is 0. The molecular formula is C21H20N2O4S. The van der Waals surface area contributed by atoms with Crippen molar-refractivity contribution in [2.45, 2.75) is 13.8 Å². The Kier molecular flexibility index (Phi) is 6.39. The average molecular weight is 396 g/mol. The number of hydrogen-bond acceptors (Lipinski definition) is 6. The molecule has 6 nitrogen and oxygen atoms in total. The van der Waals surface area contributed by atoms with Gasteiger partial charge in [0.1, 0.15) is 15.6 Å². The van der Waals surface area contributed by atoms with Gasteiger partial charge in [0.2, 0.25) is 0 Å². The Morgan fingerprint density at radius 3 is 2.54 bits per heavy atom. The number of thiazole rings is 1. The lowest BCUT2D eigenvalue weighted by molar-refractivity contribution is -0.119. The largest absolute Gasteiger partial charge is 0.492 e. The average Bonchev–Trinajstić information content (AvgIpc) is 3.10. The maximum Gasteiger partial charge on any atom is 0.350 e. The molecule has 0 bridgehead atoms. The van der Waals surface area contributed by atoms with Crippen LogP contribution in [0, 0.1) is 6.92 Å². The van der Waals surface area contributed by atoms with Gasteiger partial charge >= 0.3 is 5.97 Å². The van der Waals surface area contributed by atoms with E-state index in [1.807, 2.05) is 43.3 Å². The van der Waals surface area contributed by atoms with E-state index in [9.17, 15) is 9.59 Å². The molecule has 144 valence electrons. The Labute approximate surface area is 167 Å². The Hall–Kier alpha value is -3.19. The molecule has 0 fully saturated rings. The second-order valence-electron chi connectivity index (χ2n) is 5.85. The Bertz CT molecular complexity index is 970. The number of anilines is 1. The van der Waals surface area contributed by atoms with Crippen LogP contribution < -0.4 is 10.1 Å². The fourth-order valence-corrected chi connectivity index (χ4v) is 3.49. The number of ether oxygens (including phenoxy) is 2. The molecule has 0 aliphatic heterocycles. The van der Waals surface area contributed by atoms with Gasteiger partial charge in [-0.25, -0.2) is 9.78 Å². The second kappa shape index (κ2) is 9.14. The standard InChI is InChI=1S/C21H20N2O4S/c1-3-26-17-12-8-7-11-16(17)23-18(24)13-27-21(25)19-14(2)22-20(28-19)15-9-5-4-6-10-15/h4-12H,3,13H2,1-2H3,(H,23,24). The third kappa shape index (κ3) is 4.75. The van der Waals surface area contributed by atoms with Crippen molar-refractivity contribution in [2.75, 3.05) is 18.5 Å². The number of amides is 1. The van der Waals surface area contributed by atoms with Gasteiger partial charge in [-0.2, -0.15) is 0 Å². The summed E-state index contributed by atoms with van der Waals surface area (Å²) in [5, 5.41) is 3.43. The van der Waals surface area contributed by atoms with Crippen molar-refractivity contribution in [2.24, 2.45) is 0 Å². The summed E-state index contributed by atoms with van der Waals surface area (Å²) in [5.74, 6) is -0.438. The van der Waals surface area contributed by atoms with E-state index in [-0.39, 0.29) is 0 Å². The monoisotopic (exact) mass is 396 g/mol. The van der Waals surface area contributed by atoms with Crippen molar-refractivity contribution in [3.8, 4) is 16.3 Å². The molecule has 0 radical (unpaired) electrons. The molecule has 3 rings (SSSR count). The molecule has 0 aliphatic carbocycles. The molecule has 0 saturated heterocycles. The van der Waals surface area contributed by atoms with Crippen LogP contribution in [0.4, 0.5) is 5.69 Å². The lowest BCUT2D eigenvalue weighted by Gasteiger charge is -2.11. The van der Waals surface area contributed by atoms with E-state index in [4.69, 9.17) is 9.47 Å². The third-order valence-corrected chi connectivity index (χ3v) is 4.98. The maximum atomic E-state index is 12.4. The van der Waals surface area contributed by atoms with Gasteiger partial charge in [-0.1, -0.05) is 42.5 Å². The number of para-hydroxylation sites is 2. The number of aromatic nitrogens is 1. The first-order valence-corrected chi connectivity index (χ1v) is 9.61. The number of carbonyl (C=O) groups is 2. The lowest BCUT2D eigenvalue weighted by Crippen LogP contribution is -2.21. The number of nitrogens with zero attached hydrogens (tertiary/aromatic N) is 1. The summed E-state index contributed by atoms with van der Waals surface area (Å²) < 4.78 is 10.6. The minimum absolute atomic E-state index is 0.390. The van der Waals surface area contributed by atoms with E-state index in [1.54, 1.807) is 25.1 Å². The highest BCUT2D eigenvalue weighted by Crippen LogP contribution is 2.28. The highest BCUT2D eigenvalue weighted by Gasteiger charge is 2.19. The molecule has 1 N–H and O–H groups in total. The molecule has 1 aromatic heterocycles. The molecule has 1 amide bonds. The van der Waals surface area contributed by atoms with E-state index < -0.39 is 18.5 Å². The first kappa shape index (κ1) is 19.6. The number of nitrogens with one attached hydrogen (secondary N) is 1. The Morgan fingerprint density at radius 1 is 1.07 bits per heavy atom. The number of carbonyl (C=O) groups excluding carboxylic acids is 2. The first-order valence-electron chi connectivity index (χ1n) is 8.80. The van der Waals surface area contributed by atoms with Gasteiger partial charge in [-0.3, -0.25) is 4.79 Å². The SMILES string of the molecule is CCOc1ccccc1NC(=O)COC(=O)c1sc(-c2ccccc2)nc1C. The molecule has 0 spiro atoms. The summed E-state index contributed by atoms with van der Waals surface area (Å²) in [5.41, 5.74) is 2.04. The number of benzene rings is 2. The third-order valence-electron chi connectivity index (χ3n) is 3.80. The zero-order valence-electron chi connectivity index (χ0n) is 15.6. The van der Waals surface area contributed by atoms with Crippen LogP contribution in [-0.2, 0) is 9.53 Å². The lowest BCUT2D eigenvalue weighted by atomic mass is 10.2. The molecule has 0 atom stereocenters. The molecule has 28 heavy (non-hydrogen) atoms. The fraction of sp³-hybridized carbons (Fsp3) is 0.190. The minimum Gasteiger partial charge on any atom is -0.492 e. The van der Waals surface area contributed by atoms with Crippen LogP contribution in [0.1, 0.15) is 22.3 Å². The predicted octanol–water partition coefficient (Wildman–Crippen LogP) is 4.31. The molecule has 1 heterocycles. The van der Waals surface area contributed by atoms with E-state index in [0.717, 1.165) is 10.6 Å². The van der Waals surface area contributed by atoms with Gasteiger partial charge in [0.15, 0.2) is 6.61 Å². The maximum absolute atomic E-state index is 12.4. The van der Waals surface area contributed by atoms with Crippen molar-refractivity contribution >= 4 is 28.9 Å². The van der Waals surface area contributed by atoms with Crippen LogP contribution in [0.2, 0.25) is 0 Å². The Morgan fingerprint density at radius 2 is 1.79 bits per heavy atom. The summed E-state index contributed by atoms with van der Waals surface area (Å²) in [6, 6.07) is 16.7. The van der Waals surface area contributed by atoms with E-state index in [0.29, 0.717) is 28.6 Å². The van der Waals surface area contributed by atoms with Gasteiger partial charge in [0.05, 0.1) is 18.0 Å². The van der Waals surface area contributed by atoms with Crippen LogP contribution in [0.3, 0.4) is 0 Å². The van der Waals surface area contributed by atoms with Crippen LogP contribution in [0.15, 0.2) is 54.6 Å². The van der Waals surface area contributed by atoms with Crippen molar-refractivity contribution in [3.63, 3.8) is 0 Å². The van der Waals surface area contributed by atoms with Gasteiger partial charge in [0, 0.05) is 5.56 Å². The van der Waals surface area contributed by atoms with Crippen LogP contribution >= 0.6 is 11.3 Å². The molecule has 3 aromatic rings. The van der Waals surface area contributed by atoms with Crippen LogP contribution in [-0.4, -0.2) is 30.1 Å². The zero-order valence-corrected chi connectivity index (χ0v) is 16.4. The van der Waals surface area contributed by atoms with Gasteiger partial charge in [-0.05, 0) is 26.0 Å². The summed E-state index contributed by atoms with van der Waals surface area (Å²) >= 11 is 1.25. The molecule has 2 aromatic carbocycles. The summed E-state index contributed by atoms with van der Waals surface area (Å²) in [6.07, 6.45) is 0. The molecule has 7 heteroatoms. The fourth-order valence-electron chi connectivity index (χ4n) is 2.52. The van der Waals surface area contributed by atoms with E-state index in [2.05, 4.69) is 10.3 Å². The molecular weight excluding hydrogens is 376 g/mol. The quantitative estimate of drug-likeness (QED) is 0.602. The van der Waals surface area contributed by atoms with Gasteiger partial charge in [-0.15, -0.1) is 11.3 Å². The number of aryl methyl sites for hydroxylation is 1. The number of esters is 1. The summed E-state index contributed by atoms with van der Waals surface area (Å²) in [4.78, 5) is 29.4. The smallest absolute Gasteiger partial charge is 0.350 e. The first-order chi connectivity index (χ1) is 13.6. The highest BCUT2D eigenvalue weighted by molar-refractivity contribution is 7.17. The van der Waals surface area contributed by atoms with E-state index in [1.165, 1.54) is 11.3 Å².